The number of halogens is 1. The number of nitrogens with one attached hydrogen (secondary N) is 3. The van der Waals surface area contributed by atoms with Gasteiger partial charge >= 0.3 is 6.09 Å². The second-order valence-corrected chi connectivity index (χ2v) is 7.25. The van der Waals surface area contributed by atoms with Gasteiger partial charge in [-0.05, 0) is 32.9 Å². The highest BCUT2D eigenvalue weighted by Crippen LogP contribution is 2.25. The van der Waals surface area contributed by atoms with E-state index < -0.39 is 24.0 Å². The Balaban J connectivity index is 1.91. The normalized spacial score (nSPS) is 12.4. The lowest BCUT2D eigenvalue weighted by atomic mass is 10.1. The minimum absolute atomic E-state index is 0.0274. The zero-order valence-electron chi connectivity index (χ0n) is 18.8. The van der Waals surface area contributed by atoms with Crippen LogP contribution in [0.15, 0.2) is 30.7 Å². The highest BCUT2D eigenvalue weighted by molar-refractivity contribution is 5.67. The summed E-state index contributed by atoms with van der Waals surface area (Å²) < 4.78 is 20.2. The van der Waals surface area contributed by atoms with Crippen molar-refractivity contribution in [3.8, 4) is 11.8 Å². The molecule has 0 unspecified atom stereocenters. The minimum atomic E-state index is -1.22. The highest BCUT2D eigenvalue weighted by Gasteiger charge is 2.22. The third-order valence-electron chi connectivity index (χ3n) is 4.83. The third-order valence-corrected chi connectivity index (χ3v) is 4.83. The standard InChI is InChI=1S/C21H24FN9O3/c1-4-34-11-17(12(2)27-21(32)33)29-20-16(22)7-14(9-23)19(30-20)28-15-8-18(13(3)24-10-15)31-25-5-6-26-31/h5-8,10,12,17,27H,4,11H2,1-3H3,(H,32,33)(H2,28,29,30)/t12-,17+/m0/s1. The van der Waals surface area contributed by atoms with Crippen LogP contribution < -0.4 is 16.0 Å². The summed E-state index contributed by atoms with van der Waals surface area (Å²) in [5, 5.41) is 34.9. The van der Waals surface area contributed by atoms with Gasteiger partial charge in [0.1, 0.15) is 11.8 Å². The van der Waals surface area contributed by atoms with E-state index in [4.69, 9.17) is 9.84 Å². The Kier molecular flexibility index (Phi) is 7.88. The van der Waals surface area contributed by atoms with Crippen molar-refractivity contribution < 1.29 is 19.0 Å². The van der Waals surface area contributed by atoms with Gasteiger partial charge in [-0.1, -0.05) is 0 Å². The Morgan fingerprint density at radius 1 is 1.32 bits per heavy atom. The van der Waals surface area contributed by atoms with Gasteiger partial charge in [0.05, 0.1) is 54.2 Å². The molecule has 3 aromatic heterocycles. The maximum absolute atomic E-state index is 14.8. The summed E-state index contributed by atoms with van der Waals surface area (Å²) in [5.74, 6) is -0.848. The van der Waals surface area contributed by atoms with Crippen LogP contribution in [-0.2, 0) is 4.74 Å². The molecule has 13 heteroatoms. The smallest absolute Gasteiger partial charge is 0.404 e. The van der Waals surface area contributed by atoms with Crippen LogP contribution in [0.3, 0.4) is 0 Å². The maximum Gasteiger partial charge on any atom is 0.404 e. The summed E-state index contributed by atoms with van der Waals surface area (Å²) in [7, 11) is 0. The van der Waals surface area contributed by atoms with Crippen LogP contribution in [0.1, 0.15) is 25.1 Å². The van der Waals surface area contributed by atoms with E-state index in [1.807, 2.05) is 6.07 Å². The second-order valence-electron chi connectivity index (χ2n) is 7.25. The molecule has 12 nitrogen and oxygen atoms in total. The molecule has 0 fully saturated rings. The maximum atomic E-state index is 14.8. The van der Waals surface area contributed by atoms with Crippen molar-refractivity contribution in [1.29, 1.82) is 5.26 Å². The van der Waals surface area contributed by atoms with Gasteiger partial charge in [0.25, 0.3) is 0 Å². The summed E-state index contributed by atoms with van der Waals surface area (Å²) in [4.78, 5) is 21.0. The first-order valence-electron chi connectivity index (χ1n) is 10.4. The first-order valence-corrected chi connectivity index (χ1v) is 10.4. The lowest BCUT2D eigenvalue weighted by molar-refractivity contribution is 0.127. The van der Waals surface area contributed by atoms with Gasteiger partial charge in [-0.3, -0.25) is 4.98 Å². The van der Waals surface area contributed by atoms with E-state index in [9.17, 15) is 14.4 Å². The Hall–Kier alpha value is -4.31. The number of nitrogens with zero attached hydrogens (tertiary/aromatic N) is 6. The first-order chi connectivity index (χ1) is 16.3. The van der Waals surface area contributed by atoms with Crippen LogP contribution in [0.2, 0.25) is 0 Å². The summed E-state index contributed by atoms with van der Waals surface area (Å²) in [6, 6.07) is 3.43. The van der Waals surface area contributed by atoms with Crippen molar-refractivity contribution in [3.63, 3.8) is 0 Å². The van der Waals surface area contributed by atoms with Crippen molar-refractivity contribution in [3.05, 3.63) is 47.8 Å². The SMILES string of the molecule is CCOC[C@@H](Nc1nc(Nc2cnc(C)c(-n3nccn3)c2)c(C#N)cc1F)[C@H](C)NC(=O)O. The summed E-state index contributed by atoms with van der Waals surface area (Å²) in [5.41, 5.74) is 1.74. The largest absolute Gasteiger partial charge is 0.465 e. The molecule has 0 aliphatic heterocycles. The zero-order chi connectivity index (χ0) is 24.7. The van der Waals surface area contributed by atoms with Crippen molar-refractivity contribution in [2.24, 2.45) is 0 Å². The molecule has 0 spiro atoms. The lowest BCUT2D eigenvalue weighted by Gasteiger charge is -2.26. The van der Waals surface area contributed by atoms with Gasteiger partial charge < -0.3 is 25.8 Å². The number of hydrogen-bond acceptors (Lipinski definition) is 9. The lowest BCUT2D eigenvalue weighted by Crippen LogP contribution is -2.47. The van der Waals surface area contributed by atoms with Crippen LogP contribution in [-0.4, -0.2) is 61.5 Å². The molecule has 3 heterocycles. The van der Waals surface area contributed by atoms with Crippen molar-refractivity contribution in [2.75, 3.05) is 23.8 Å². The van der Waals surface area contributed by atoms with Crippen molar-refractivity contribution >= 4 is 23.4 Å². The molecular weight excluding hydrogens is 445 g/mol. The quantitative estimate of drug-likeness (QED) is 0.347. The highest BCUT2D eigenvalue weighted by atomic mass is 19.1. The van der Waals surface area contributed by atoms with Crippen LogP contribution in [0.4, 0.5) is 26.5 Å². The van der Waals surface area contributed by atoms with E-state index in [0.717, 1.165) is 6.07 Å². The molecule has 0 aliphatic carbocycles. The molecule has 3 aromatic rings. The number of carbonyl (C=O) groups is 1. The minimum Gasteiger partial charge on any atom is -0.465 e. The van der Waals surface area contributed by atoms with Gasteiger partial charge in [-0.2, -0.15) is 15.5 Å². The van der Waals surface area contributed by atoms with Crippen LogP contribution in [0.5, 0.6) is 0 Å². The Morgan fingerprint density at radius 3 is 2.71 bits per heavy atom. The second kappa shape index (κ2) is 11.0. The Bertz CT molecular complexity index is 1180. The number of pyridine rings is 2. The van der Waals surface area contributed by atoms with Gasteiger partial charge in [0.15, 0.2) is 17.5 Å². The molecule has 34 heavy (non-hydrogen) atoms. The average Bonchev–Trinajstić information content (AvgIpc) is 3.33. The number of anilines is 3. The van der Waals surface area contributed by atoms with E-state index in [0.29, 0.717) is 23.7 Å². The molecule has 1 amide bonds. The summed E-state index contributed by atoms with van der Waals surface area (Å²) in [6.07, 6.45) is 3.39. The van der Waals surface area contributed by atoms with E-state index in [2.05, 4.69) is 36.1 Å². The fraction of sp³-hybridized carbons (Fsp3) is 0.333. The fourth-order valence-corrected chi connectivity index (χ4v) is 3.07. The molecule has 3 rings (SSSR count). The number of nitriles is 1. The van der Waals surface area contributed by atoms with Gasteiger partial charge in [-0.25, -0.2) is 14.2 Å². The topological polar surface area (TPSA) is 163 Å². The number of ether oxygens (including phenoxy) is 1. The Labute approximate surface area is 194 Å². The number of carboxylic acid groups (broad SMARTS) is 1. The average molecular weight is 469 g/mol. The third kappa shape index (κ3) is 5.93. The predicted molar refractivity (Wildman–Crippen MR) is 121 cm³/mol. The molecule has 0 saturated heterocycles. The van der Waals surface area contributed by atoms with E-state index in [1.54, 1.807) is 33.0 Å². The van der Waals surface area contributed by atoms with Crippen LogP contribution >= 0.6 is 0 Å². The Morgan fingerprint density at radius 2 is 2.06 bits per heavy atom. The van der Waals surface area contributed by atoms with Gasteiger partial charge in [-0.15, -0.1) is 4.80 Å². The molecule has 2 atom stereocenters. The molecule has 0 bridgehead atoms. The summed E-state index contributed by atoms with van der Waals surface area (Å²) in [6.45, 7) is 5.70. The van der Waals surface area contributed by atoms with Crippen molar-refractivity contribution in [2.45, 2.75) is 32.9 Å². The monoisotopic (exact) mass is 469 g/mol. The van der Waals surface area contributed by atoms with Crippen molar-refractivity contribution in [1.82, 2.24) is 30.3 Å². The van der Waals surface area contributed by atoms with E-state index in [-0.39, 0.29) is 23.8 Å². The van der Waals surface area contributed by atoms with E-state index in [1.165, 1.54) is 17.2 Å². The zero-order valence-corrected chi connectivity index (χ0v) is 18.8. The molecule has 0 aliphatic rings. The fourth-order valence-electron chi connectivity index (χ4n) is 3.07. The van der Waals surface area contributed by atoms with Crippen LogP contribution in [0.25, 0.3) is 5.69 Å². The van der Waals surface area contributed by atoms with Gasteiger partial charge in [0.2, 0.25) is 0 Å². The molecule has 4 N–H and O–H groups in total. The number of amides is 1. The number of hydrogen-bond donors (Lipinski definition) is 4. The summed E-state index contributed by atoms with van der Waals surface area (Å²) >= 11 is 0. The number of aryl methyl sites for hydroxylation is 1. The molecule has 0 saturated carbocycles. The van der Waals surface area contributed by atoms with Gasteiger partial charge in [0, 0.05) is 6.61 Å². The van der Waals surface area contributed by atoms with E-state index >= 15 is 0 Å². The molecule has 0 aromatic carbocycles. The van der Waals surface area contributed by atoms with Crippen LogP contribution in [0, 0.1) is 24.1 Å². The first kappa shape index (κ1) is 24.3. The predicted octanol–water partition coefficient (Wildman–Crippen LogP) is 2.59. The molecular formula is C21H24FN9O3. The number of aromatic nitrogens is 5. The molecule has 0 radical (unpaired) electrons. The number of rotatable bonds is 10. The molecule has 178 valence electrons.